The Morgan fingerprint density at radius 3 is 2.70 bits per heavy atom. The zero-order chi connectivity index (χ0) is 21.3. The minimum atomic E-state index is -1.08. The fourth-order valence-corrected chi connectivity index (χ4v) is 5.53. The van der Waals surface area contributed by atoms with Crippen LogP contribution >= 0.6 is 34.3 Å². The zero-order valence-electron chi connectivity index (χ0n) is 16.5. The van der Waals surface area contributed by atoms with E-state index in [4.69, 9.17) is 16.3 Å². The molecule has 2 aromatic carbocycles. The minimum Gasteiger partial charge on any atom is -0.497 e. The standard InChI is InChI=1S/C23H20ClNO3S2/c1-14-9-10-15(28-2)12-17(14)25(13-18(26)20-8-5-11-29-20)23(27)22-21(24)16-6-3-4-7-19(16)30-22/h3-12,23,27H,13H2,1-2H3. The molecule has 0 amide bonds. The van der Waals surface area contributed by atoms with E-state index in [1.54, 1.807) is 18.1 Å². The Balaban J connectivity index is 1.79. The summed E-state index contributed by atoms with van der Waals surface area (Å²) in [6, 6.07) is 17.0. The third-order valence-electron chi connectivity index (χ3n) is 4.93. The van der Waals surface area contributed by atoms with Crippen molar-refractivity contribution in [2.75, 3.05) is 18.6 Å². The number of aliphatic hydroxyl groups excluding tert-OH is 1. The van der Waals surface area contributed by atoms with Gasteiger partial charge in [0.1, 0.15) is 5.75 Å². The number of nitrogens with zero attached hydrogens (tertiary/aromatic N) is 1. The number of ether oxygens (including phenoxy) is 1. The van der Waals surface area contributed by atoms with Gasteiger partial charge in [-0.05, 0) is 36.1 Å². The summed E-state index contributed by atoms with van der Waals surface area (Å²) in [4.78, 5) is 15.9. The second kappa shape index (κ2) is 8.78. The number of thiophene rings is 2. The van der Waals surface area contributed by atoms with Crippen molar-refractivity contribution >= 4 is 55.8 Å². The van der Waals surface area contributed by atoms with E-state index < -0.39 is 6.23 Å². The average Bonchev–Trinajstić information content (AvgIpc) is 3.41. The topological polar surface area (TPSA) is 49.8 Å². The van der Waals surface area contributed by atoms with Crippen LogP contribution in [0.15, 0.2) is 60.0 Å². The molecule has 2 aromatic heterocycles. The maximum atomic E-state index is 12.9. The minimum absolute atomic E-state index is 0.0141. The van der Waals surface area contributed by atoms with Crippen LogP contribution in [0, 0.1) is 6.92 Å². The lowest BCUT2D eigenvalue weighted by Crippen LogP contribution is -2.34. The first-order chi connectivity index (χ1) is 14.5. The van der Waals surface area contributed by atoms with Crippen LogP contribution in [-0.2, 0) is 0 Å². The molecule has 4 aromatic rings. The number of ketones is 1. The predicted molar refractivity (Wildman–Crippen MR) is 126 cm³/mol. The Morgan fingerprint density at radius 2 is 2.00 bits per heavy atom. The second-order valence-electron chi connectivity index (χ2n) is 6.83. The summed E-state index contributed by atoms with van der Waals surface area (Å²) in [6.45, 7) is 1.96. The van der Waals surface area contributed by atoms with Gasteiger partial charge in [-0.15, -0.1) is 22.7 Å². The van der Waals surface area contributed by atoms with Crippen LogP contribution in [0.5, 0.6) is 5.75 Å². The normalized spacial score (nSPS) is 12.1. The number of halogens is 1. The molecule has 0 radical (unpaired) electrons. The first-order valence-electron chi connectivity index (χ1n) is 9.32. The molecule has 1 N–H and O–H groups in total. The summed E-state index contributed by atoms with van der Waals surface area (Å²) in [7, 11) is 1.59. The van der Waals surface area contributed by atoms with Crippen molar-refractivity contribution in [1.82, 2.24) is 0 Å². The van der Waals surface area contributed by atoms with Crippen molar-refractivity contribution in [3.05, 3.63) is 80.3 Å². The van der Waals surface area contributed by atoms with Gasteiger partial charge < -0.3 is 14.7 Å². The van der Waals surface area contributed by atoms with Gasteiger partial charge in [-0.3, -0.25) is 4.79 Å². The summed E-state index contributed by atoms with van der Waals surface area (Å²) < 4.78 is 6.37. The van der Waals surface area contributed by atoms with Gasteiger partial charge in [0.2, 0.25) is 0 Å². The van der Waals surface area contributed by atoms with Crippen molar-refractivity contribution in [1.29, 1.82) is 0 Å². The fourth-order valence-electron chi connectivity index (χ4n) is 3.34. The Labute approximate surface area is 187 Å². The van der Waals surface area contributed by atoms with Crippen molar-refractivity contribution in [3.8, 4) is 5.75 Å². The Hall–Kier alpha value is -2.38. The van der Waals surface area contributed by atoms with E-state index in [-0.39, 0.29) is 12.3 Å². The van der Waals surface area contributed by atoms with Crippen molar-refractivity contribution in [2.45, 2.75) is 13.2 Å². The third kappa shape index (κ3) is 3.96. The first kappa shape index (κ1) is 20.9. The number of hydrogen-bond acceptors (Lipinski definition) is 6. The number of Topliss-reactive ketones (excluding diaryl/α,β-unsaturated/α-hetero) is 1. The third-order valence-corrected chi connectivity index (χ3v) is 7.57. The molecule has 0 saturated heterocycles. The number of hydrogen-bond donors (Lipinski definition) is 1. The molecule has 0 aliphatic rings. The van der Waals surface area contributed by atoms with Crippen molar-refractivity contribution in [3.63, 3.8) is 0 Å². The monoisotopic (exact) mass is 457 g/mol. The maximum absolute atomic E-state index is 12.9. The molecule has 0 spiro atoms. The van der Waals surface area contributed by atoms with Crippen LogP contribution in [-0.4, -0.2) is 24.5 Å². The summed E-state index contributed by atoms with van der Waals surface area (Å²) in [5.74, 6) is 0.585. The van der Waals surface area contributed by atoms with E-state index in [1.165, 1.54) is 22.7 Å². The lowest BCUT2D eigenvalue weighted by Gasteiger charge is -2.30. The molecule has 4 nitrogen and oxygen atoms in total. The van der Waals surface area contributed by atoms with Gasteiger partial charge in [0.15, 0.2) is 12.0 Å². The van der Waals surface area contributed by atoms with Gasteiger partial charge in [-0.1, -0.05) is 41.9 Å². The summed E-state index contributed by atoms with van der Waals surface area (Å²) in [5.41, 5.74) is 1.64. The quantitative estimate of drug-likeness (QED) is 0.261. The Bertz CT molecular complexity index is 1190. The molecule has 2 heterocycles. The summed E-state index contributed by atoms with van der Waals surface area (Å²) >= 11 is 9.45. The largest absolute Gasteiger partial charge is 0.497 e. The average molecular weight is 458 g/mol. The number of methoxy groups -OCH3 is 1. The highest BCUT2D eigenvalue weighted by Crippen LogP contribution is 2.42. The van der Waals surface area contributed by atoms with Crippen LogP contribution in [0.4, 0.5) is 5.69 Å². The molecule has 0 aliphatic carbocycles. The molecule has 4 rings (SSSR count). The molecule has 7 heteroatoms. The van der Waals surface area contributed by atoms with Crippen LogP contribution in [0.3, 0.4) is 0 Å². The van der Waals surface area contributed by atoms with Gasteiger partial charge in [0.05, 0.1) is 28.4 Å². The number of anilines is 1. The lowest BCUT2D eigenvalue weighted by molar-refractivity contribution is 0.0975. The van der Waals surface area contributed by atoms with Crippen molar-refractivity contribution in [2.24, 2.45) is 0 Å². The van der Waals surface area contributed by atoms with Crippen LogP contribution < -0.4 is 9.64 Å². The van der Waals surface area contributed by atoms with Crippen molar-refractivity contribution < 1.29 is 14.6 Å². The smallest absolute Gasteiger partial charge is 0.192 e. The summed E-state index contributed by atoms with van der Waals surface area (Å²) in [5, 5.41) is 14.7. The zero-order valence-corrected chi connectivity index (χ0v) is 18.9. The molecule has 30 heavy (non-hydrogen) atoms. The van der Waals surface area contributed by atoms with E-state index >= 15 is 0 Å². The van der Waals surface area contributed by atoms with Gasteiger partial charge in [0, 0.05) is 21.8 Å². The Morgan fingerprint density at radius 1 is 1.20 bits per heavy atom. The van der Waals surface area contributed by atoms with E-state index in [0.717, 1.165) is 21.3 Å². The molecule has 1 unspecified atom stereocenters. The van der Waals surface area contributed by atoms with E-state index in [2.05, 4.69) is 0 Å². The van der Waals surface area contributed by atoms with Gasteiger partial charge >= 0.3 is 0 Å². The van der Waals surface area contributed by atoms with Crippen LogP contribution in [0.2, 0.25) is 5.02 Å². The van der Waals surface area contributed by atoms with Crippen LogP contribution in [0.1, 0.15) is 26.3 Å². The number of aliphatic hydroxyl groups is 1. The predicted octanol–water partition coefficient (Wildman–Crippen LogP) is 6.31. The summed E-state index contributed by atoms with van der Waals surface area (Å²) in [6.07, 6.45) is -1.08. The molecule has 0 bridgehead atoms. The molecular formula is C23H20ClNO3S2. The molecule has 154 valence electrons. The first-order valence-corrected chi connectivity index (χ1v) is 11.4. The number of rotatable bonds is 7. The molecule has 0 saturated carbocycles. The van der Waals surface area contributed by atoms with Gasteiger partial charge in [0.25, 0.3) is 0 Å². The Kier molecular flexibility index (Phi) is 6.11. The number of carbonyl (C=O) groups excluding carboxylic acids is 1. The lowest BCUT2D eigenvalue weighted by atomic mass is 10.1. The van der Waals surface area contributed by atoms with Crippen LogP contribution in [0.25, 0.3) is 10.1 Å². The maximum Gasteiger partial charge on any atom is 0.192 e. The van der Waals surface area contributed by atoms with E-state index in [9.17, 15) is 9.90 Å². The van der Waals surface area contributed by atoms with E-state index in [0.29, 0.717) is 20.5 Å². The second-order valence-corrected chi connectivity index (χ2v) is 9.24. The number of fused-ring (bicyclic) bond motifs is 1. The van der Waals surface area contributed by atoms with Gasteiger partial charge in [-0.2, -0.15) is 0 Å². The number of benzene rings is 2. The van der Waals surface area contributed by atoms with Gasteiger partial charge in [-0.25, -0.2) is 0 Å². The van der Waals surface area contributed by atoms with E-state index in [1.807, 2.05) is 60.8 Å². The highest BCUT2D eigenvalue weighted by atomic mass is 35.5. The highest BCUT2D eigenvalue weighted by Gasteiger charge is 2.27. The highest BCUT2D eigenvalue weighted by molar-refractivity contribution is 7.19. The molecular weight excluding hydrogens is 438 g/mol. The number of carbonyl (C=O) groups is 1. The number of aryl methyl sites for hydroxylation is 1. The SMILES string of the molecule is COc1ccc(C)c(N(CC(=O)c2cccs2)C(O)c2sc3ccccc3c2Cl)c1. The molecule has 0 aliphatic heterocycles. The molecule has 0 fully saturated rings. The fraction of sp³-hybridized carbons (Fsp3) is 0.174. The molecule has 1 atom stereocenters.